The largest absolute Gasteiger partial charge is 0.498 e. The van der Waals surface area contributed by atoms with Crippen molar-refractivity contribution in [3.63, 3.8) is 0 Å². The second kappa shape index (κ2) is 6.71. The standard InChI is InChI=1S/C19H34BN3O2/c1-17(2,11-15-7-9-21-10-8-15)14-23-13-16(12-22-23)20-24-18(3,4)19(5,6)25-20/h12-13,15,21H,7-11,14H2,1-6H3. The molecule has 0 aromatic carbocycles. The molecule has 3 heterocycles. The van der Waals surface area contributed by atoms with Crippen LogP contribution in [-0.2, 0) is 15.9 Å². The molecule has 1 aromatic heterocycles. The number of rotatable bonds is 5. The summed E-state index contributed by atoms with van der Waals surface area (Å²) in [4.78, 5) is 0. The highest BCUT2D eigenvalue weighted by Crippen LogP contribution is 2.36. The third-order valence-electron chi connectivity index (χ3n) is 6.07. The van der Waals surface area contributed by atoms with Crippen LogP contribution in [0.15, 0.2) is 12.4 Å². The van der Waals surface area contributed by atoms with Gasteiger partial charge < -0.3 is 14.6 Å². The molecule has 0 atom stereocenters. The van der Waals surface area contributed by atoms with Crippen LogP contribution in [0.4, 0.5) is 0 Å². The molecule has 0 bridgehead atoms. The third kappa shape index (κ3) is 4.29. The van der Waals surface area contributed by atoms with Gasteiger partial charge in [0.2, 0.25) is 0 Å². The summed E-state index contributed by atoms with van der Waals surface area (Å²) < 4.78 is 14.3. The fourth-order valence-electron chi connectivity index (χ4n) is 3.94. The number of piperidine rings is 1. The number of hydrogen-bond acceptors (Lipinski definition) is 4. The summed E-state index contributed by atoms with van der Waals surface area (Å²) in [5.74, 6) is 0.828. The van der Waals surface area contributed by atoms with E-state index >= 15 is 0 Å². The normalized spacial score (nSPS) is 24.0. The number of nitrogens with zero attached hydrogens (tertiary/aromatic N) is 2. The average molecular weight is 347 g/mol. The lowest BCUT2D eigenvalue weighted by Crippen LogP contribution is -2.41. The van der Waals surface area contributed by atoms with Crippen LogP contribution in [0.1, 0.15) is 60.8 Å². The molecule has 2 aliphatic heterocycles. The summed E-state index contributed by atoms with van der Waals surface area (Å²) in [7, 11) is -0.328. The van der Waals surface area contributed by atoms with Gasteiger partial charge in [0.05, 0.1) is 11.2 Å². The average Bonchev–Trinajstić information content (AvgIpc) is 3.01. The lowest BCUT2D eigenvalue weighted by molar-refractivity contribution is 0.00578. The quantitative estimate of drug-likeness (QED) is 0.832. The van der Waals surface area contributed by atoms with Gasteiger partial charge >= 0.3 is 7.12 Å². The molecule has 0 aliphatic carbocycles. The Balaban J connectivity index is 1.61. The Kier molecular flexibility index (Phi) is 5.08. The molecule has 2 saturated heterocycles. The summed E-state index contributed by atoms with van der Waals surface area (Å²) in [6.07, 6.45) is 7.82. The van der Waals surface area contributed by atoms with Gasteiger partial charge in [-0.3, -0.25) is 4.68 Å². The number of aromatic nitrogens is 2. The maximum atomic E-state index is 6.13. The maximum absolute atomic E-state index is 6.13. The molecular weight excluding hydrogens is 313 g/mol. The summed E-state index contributed by atoms with van der Waals surface area (Å²) in [6, 6.07) is 0. The fraction of sp³-hybridized carbons (Fsp3) is 0.842. The lowest BCUT2D eigenvalue weighted by atomic mass is 9.79. The zero-order valence-electron chi connectivity index (χ0n) is 16.8. The smallest absolute Gasteiger partial charge is 0.399 e. The van der Waals surface area contributed by atoms with E-state index in [1.54, 1.807) is 0 Å². The van der Waals surface area contributed by atoms with Gasteiger partial charge in [-0.25, -0.2) is 0 Å². The highest BCUT2D eigenvalue weighted by molar-refractivity contribution is 6.61. The summed E-state index contributed by atoms with van der Waals surface area (Å²) in [5.41, 5.74) is 0.625. The van der Waals surface area contributed by atoms with E-state index in [1.165, 1.54) is 19.3 Å². The van der Waals surface area contributed by atoms with Crippen molar-refractivity contribution in [1.29, 1.82) is 0 Å². The molecule has 3 rings (SSSR count). The minimum atomic E-state index is -0.328. The van der Waals surface area contributed by atoms with Gasteiger partial charge in [-0.1, -0.05) is 13.8 Å². The molecular formula is C19H34BN3O2. The molecule has 140 valence electrons. The first-order valence-corrected chi connectivity index (χ1v) is 9.67. The van der Waals surface area contributed by atoms with Gasteiger partial charge in [-0.15, -0.1) is 0 Å². The van der Waals surface area contributed by atoms with Crippen LogP contribution in [0.5, 0.6) is 0 Å². The van der Waals surface area contributed by atoms with Crippen molar-refractivity contribution in [3.05, 3.63) is 12.4 Å². The summed E-state index contributed by atoms with van der Waals surface area (Å²) in [6.45, 7) is 16.3. The van der Waals surface area contributed by atoms with Crippen molar-refractivity contribution in [2.24, 2.45) is 11.3 Å². The monoisotopic (exact) mass is 347 g/mol. The molecule has 1 aromatic rings. The predicted octanol–water partition coefficient (Wildman–Crippen LogP) is 2.60. The van der Waals surface area contributed by atoms with E-state index in [4.69, 9.17) is 9.31 Å². The highest BCUT2D eigenvalue weighted by Gasteiger charge is 2.52. The first kappa shape index (κ1) is 18.9. The van der Waals surface area contributed by atoms with Gasteiger partial charge in [0.25, 0.3) is 0 Å². The number of hydrogen-bond donors (Lipinski definition) is 1. The van der Waals surface area contributed by atoms with Crippen LogP contribution >= 0.6 is 0 Å². The van der Waals surface area contributed by atoms with E-state index in [0.717, 1.165) is 31.0 Å². The molecule has 0 spiro atoms. The Morgan fingerprint density at radius 3 is 2.40 bits per heavy atom. The van der Waals surface area contributed by atoms with Gasteiger partial charge in [-0.05, 0) is 71.4 Å². The van der Waals surface area contributed by atoms with Crippen LogP contribution in [0, 0.1) is 11.3 Å². The Bertz CT molecular complexity index is 575. The summed E-state index contributed by atoms with van der Waals surface area (Å²) in [5, 5.41) is 8.03. The minimum absolute atomic E-state index is 0.237. The molecule has 5 nitrogen and oxygen atoms in total. The first-order chi connectivity index (χ1) is 11.6. The second-order valence-electron chi connectivity index (χ2n) is 9.62. The molecule has 2 aliphatic rings. The van der Waals surface area contributed by atoms with Crippen LogP contribution in [-0.4, -0.2) is 41.2 Å². The molecule has 0 unspecified atom stereocenters. The van der Waals surface area contributed by atoms with Crippen molar-refractivity contribution in [3.8, 4) is 0 Å². The number of nitrogens with one attached hydrogen (secondary N) is 1. The molecule has 2 fully saturated rings. The van der Waals surface area contributed by atoms with Crippen molar-refractivity contribution in [2.45, 2.75) is 78.6 Å². The summed E-state index contributed by atoms with van der Waals surface area (Å²) >= 11 is 0. The van der Waals surface area contributed by atoms with E-state index in [1.807, 2.05) is 6.20 Å². The first-order valence-electron chi connectivity index (χ1n) is 9.67. The van der Waals surface area contributed by atoms with Crippen LogP contribution in [0.2, 0.25) is 0 Å². The Morgan fingerprint density at radius 2 is 1.80 bits per heavy atom. The van der Waals surface area contributed by atoms with Gasteiger partial charge in [0.15, 0.2) is 0 Å². The van der Waals surface area contributed by atoms with Crippen molar-refractivity contribution >= 4 is 12.6 Å². The van der Waals surface area contributed by atoms with Gasteiger partial charge in [0, 0.05) is 24.4 Å². The molecule has 0 amide bonds. The van der Waals surface area contributed by atoms with E-state index < -0.39 is 0 Å². The Morgan fingerprint density at radius 1 is 1.20 bits per heavy atom. The van der Waals surface area contributed by atoms with Gasteiger partial charge in [-0.2, -0.15) is 5.10 Å². The lowest BCUT2D eigenvalue weighted by Gasteiger charge is -2.32. The molecule has 25 heavy (non-hydrogen) atoms. The van der Waals surface area contributed by atoms with E-state index in [-0.39, 0.29) is 23.7 Å². The maximum Gasteiger partial charge on any atom is 0.498 e. The zero-order valence-corrected chi connectivity index (χ0v) is 16.8. The molecule has 6 heteroatoms. The van der Waals surface area contributed by atoms with Crippen LogP contribution < -0.4 is 10.8 Å². The molecule has 1 N–H and O–H groups in total. The second-order valence-corrected chi connectivity index (χ2v) is 9.62. The van der Waals surface area contributed by atoms with E-state index in [9.17, 15) is 0 Å². The zero-order chi connectivity index (χ0) is 18.3. The van der Waals surface area contributed by atoms with E-state index in [0.29, 0.717) is 0 Å². The topological polar surface area (TPSA) is 48.3 Å². The Labute approximate surface area is 153 Å². The highest BCUT2D eigenvalue weighted by atomic mass is 16.7. The van der Waals surface area contributed by atoms with Crippen LogP contribution in [0.3, 0.4) is 0 Å². The van der Waals surface area contributed by atoms with Crippen LogP contribution in [0.25, 0.3) is 0 Å². The fourth-order valence-corrected chi connectivity index (χ4v) is 3.94. The van der Waals surface area contributed by atoms with Crippen molar-refractivity contribution < 1.29 is 9.31 Å². The third-order valence-corrected chi connectivity index (χ3v) is 6.07. The van der Waals surface area contributed by atoms with Crippen molar-refractivity contribution in [1.82, 2.24) is 15.1 Å². The molecule has 0 radical (unpaired) electrons. The van der Waals surface area contributed by atoms with E-state index in [2.05, 4.69) is 62.8 Å². The van der Waals surface area contributed by atoms with Crippen molar-refractivity contribution in [2.75, 3.05) is 13.1 Å². The predicted molar refractivity (Wildman–Crippen MR) is 102 cm³/mol. The minimum Gasteiger partial charge on any atom is -0.399 e. The van der Waals surface area contributed by atoms with Gasteiger partial charge in [0.1, 0.15) is 0 Å². The molecule has 0 saturated carbocycles. The SMILES string of the molecule is CC(C)(CC1CCNCC1)Cn1cc(B2OC(C)(C)C(C)(C)O2)cn1. The Hall–Kier alpha value is -0.845.